The highest BCUT2D eigenvalue weighted by molar-refractivity contribution is 7.92. The van der Waals surface area contributed by atoms with Gasteiger partial charge in [-0.2, -0.15) is 10.2 Å². The number of aromatic nitrogens is 6. The van der Waals surface area contributed by atoms with E-state index in [9.17, 15) is 13.2 Å². The monoisotopic (exact) mass is 428 g/mol. The molecule has 4 heterocycles. The first-order valence-corrected chi connectivity index (χ1v) is 11.4. The lowest BCUT2D eigenvalue weighted by atomic mass is 10.1. The molecule has 5 aromatic rings. The molecule has 5 rings (SSSR count). The summed E-state index contributed by atoms with van der Waals surface area (Å²) in [5.41, 5.74) is 2.59. The van der Waals surface area contributed by atoms with Crippen molar-refractivity contribution in [2.45, 2.75) is 10.9 Å². The summed E-state index contributed by atoms with van der Waals surface area (Å²) in [6.07, 6.45) is 4.51. The predicted molar refractivity (Wildman–Crippen MR) is 111 cm³/mol. The fraction of sp³-hybridized carbons (Fsp3) is 0.222. The third-order valence-corrected chi connectivity index (χ3v) is 7.78. The van der Waals surface area contributed by atoms with Crippen molar-refractivity contribution in [1.29, 1.82) is 0 Å². The summed E-state index contributed by atoms with van der Waals surface area (Å²) in [6.45, 7) is 0.304. The number of aryl methyl sites for hydroxylation is 2. The third-order valence-electron chi connectivity index (χ3n) is 5.03. The van der Waals surface area contributed by atoms with Crippen molar-refractivity contribution in [3.63, 3.8) is 0 Å². The second kappa shape index (κ2) is 5.97. The molecule has 0 spiro atoms. The molecule has 0 aliphatic heterocycles. The van der Waals surface area contributed by atoms with Gasteiger partial charge in [0.1, 0.15) is 5.52 Å². The average molecular weight is 428 g/mol. The van der Waals surface area contributed by atoms with Gasteiger partial charge in [-0.05, 0) is 11.6 Å². The average Bonchev–Trinajstić information content (AvgIpc) is 3.33. The van der Waals surface area contributed by atoms with Crippen LogP contribution in [0.4, 0.5) is 0 Å². The van der Waals surface area contributed by atoms with Crippen LogP contribution in [-0.2, 0) is 30.5 Å². The van der Waals surface area contributed by atoms with Crippen LogP contribution in [0.15, 0.2) is 39.7 Å². The minimum Gasteiger partial charge on any atom is -0.323 e. The van der Waals surface area contributed by atoms with E-state index in [0.29, 0.717) is 27.8 Å². The smallest absolute Gasteiger partial charge is 0.291 e. The Kier molecular flexibility index (Phi) is 3.71. The van der Waals surface area contributed by atoms with E-state index in [-0.39, 0.29) is 9.90 Å². The van der Waals surface area contributed by atoms with Gasteiger partial charge in [-0.1, -0.05) is 12.1 Å². The van der Waals surface area contributed by atoms with E-state index in [4.69, 9.17) is 0 Å². The van der Waals surface area contributed by atoms with E-state index < -0.39 is 9.84 Å². The Hall–Kier alpha value is -3.05. The highest BCUT2D eigenvalue weighted by Crippen LogP contribution is 2.32. The van der Waals surface area contributed by atoms with E-state index in [1.54, 1.807) is 28.7 Å². The van der Waals surface area contributed by atoms with Gasteiger partial charge in [0.25, 0.3) is 5.56 Å². The minimum atomic E-state index is -3.42. The standard InChI is InChI=1S/C18H16N6O3S2/c1-22-14-12(15-16(22)21-18(28-15)29(3,26)27)8-20-24(17(14)25)9-10-5-4-6-13-11(10)7-19-23(13)2/h4-8H,9H2,1-3H3. The molecule has 0 fully saturated rings. The number of thiazole rings is 1. The highest BCUT2D eigenvalue weighted by atomic mass is 32.2. The van der Waals surface area contributed by atoms with Crippen molar-refractivity contribution < 1.29 is 8.42 Å². The van der Waals surface area contributed by atoms with E-state index >= 15 is 0 Å². The maximum absolute atomic E-state index is 13.2. The first-order valence-electron chi connectivity index (χ1n) is 8.70. The van der Waals surface area contributed by atoms with Gasteiger partial charge in [0.15, 0.2) is 5.65 Å². The third kappa shape index (κ3) is 2.61. The Bertz CT molecular complexity index is 1600. The summed E-state index contributed by atoms with van der Waals surface area (Å²) in [4.78, 5) is 17.4. The topological polar surface area (TPSA) is 105 Å². The van der Waals surface area contributed by atoms with Gasteiger partial charge in [0.05, 0.1) is 29.2 Å². The predicted octanol–water partition coefficient (Wildman–Crippen LogP) is 1.68. The Morgan fingerprint density at radius 3 is 2.62 bits per heavy atom. The molecule has 0 saturated heterocycles. The second-order valence-corrected chi connectivity index (χ2v) is 10.1. The SMILES string of the molecule is Cn1ncc2c(Cn3ncc4c5sc(S(C)(=O)=O)nc5n(C)c4c3=O)cccc21. The Balaban J connectivity index is 1.69. The van der Waals surface area contributed by atoms with Gasteiger partial charge in [-0.25, -0.2) is 18.1 Å². The van der Waals surface area contributed by atoms with Gasteiger partial charge >= 0.3 is 0 Å². The molecule has 4 aromatic heterocycles. The van der Waals surface area contributed by atoms with Crippen molar-refractivity contribution in [3.8, 4) is 0 Å². The molecule has 0 unspecified atom stereocenters. The molecule has 0 aliphatic rings. The first-order chi connectivity index (χ1) is 13.8. The van der Waals surface area contributed by atoms with E-state index in [1.807, 2.05) is 25.2 Å². The van der Waals surface area contributed by atoms with Crippen molar-refractivity contribution in [2.75, 3.05) is 6.26 Å². The number of hydrogen-bond acceptors (Lipinski definition) is 7. The zero-order chi connectivity index (χ0) is 20.5. The Morgan fingerprint density at radius 2 is 1.86 bits per heavy atom. The molecule has 0 saturated carbocycles. The maximum Gasteiger partial charge on any atom is 0.291 e. The van der Waals surface area contributed by atoms with Crippen molar-refractivity contribution in [1.82, 2.24) is 29.1 Å². The Morgan fingerprint density at radius 1 is 1.10 bits per heavy atom. The zero-order valence-corrected chi connectivity index (χ0v) is 17.5. The quantitative estimate of drug-likeness (QED) is 0.433. The van der Waals surface area contributed by atoms with Gasteiger partial charge in [0, 0.05) is 31.1 Å². The minimum absolute atomic E-state index is 0.0347. The van der Waals surface area contributed by atoms with E-state index in [2.05, 4.69) is 15.2 Å². The van der Waals surface area contributed by atoms with Crippen LogP contribution in [0.5, 0.6) is 0 Å². The van der Waals surface area contributed by atoms with Crippen LogP contribution in [0.25, 0.3) is 32.2 Å². The van der Waals surface area contributed by atoms with E-state index in [0.717, 1.165) is 34.1 Å². The zero-order valence-electron chi connectivity index (χ0n) is 15.8. The fourth-order valence-corrected chi connectivity index (χ4v) is 5.53. The van der Waals surface area contributed by atoms with Crippen LogP contribution < -0.4 is 5.56 Å². The van der Waals surface area contributed by atoms with Crippen molar-refractivity contribution in [3.05, 3.63) is 46.5 Å². The summed E-state index contributed by atoms with van der Waals surface area (Å²) in [5, 5.41) is 10.2. The molecule has 1 aromatic carbocycles. The van der Waals surface area contributed by atoms with Gasteiger partial charge in [-0.15, -0.1) is 11.3 Å². The van der Waals surface area contributed by atoms with E-state index in [1.165, 1.54) is 4.68 Å². The van der Waals surface area contributed by atoms with Gasteiger partial charge in [0.2, 0.25) is 14.2 Å². The molecule has 0 atom stereocenters. The van der Waals surface area contributed by atoms with Crippen LogP contribution in [0.3, 0.4) is 0 Å². The molecule has 0 aliphatic carbocycles. The first kappa shape index (κ1) is 18.0. The number of sulfone groups is 1. The lowest BCUT2D eigenvalue weighted by Crippen LogP contribution is -2.24. The van der Waals surface area contributed by atoms with Gasteiger partial charge < -0.3 is 4.57 Å². The largest absolute Gasteiger partial charge is 0.323 e. The lowest BCUT2D eigenvalue weighted by Gasteiger charge is -2.07. The number of hydrogen-bond donors (Lipinski definition) is 0. The van der Waals surface area contributed by atoms with Crippen LogP contribution >= 0.6 is 11.3 Å². The number of rotatable bonds is 3. The summed E-state index contributed by atoms with van der Waals surface area (Å²) in [5.74, 6) is 0. The Labute approximate surface area is 168 Å². The van der Waals surface area contributed by atoms with Crippen LogP contribution in [0.2, 0.25) is 0 Å². The molecule has 0 bridgehead atoms. The molecule has 0 radical (unpaired) electrons. The summed E-state index contributed by atoms with van der Waals surface area (Å²) < 4.78 is 29.2. The number of fused-ring (bicyclic) bond motifs is 4. The summed E-state index contributed by atoms with van der Waals surface area (Å²) in [7, 11) is 0.169. The molecule has 11 heteroatoms. The second-order valence-electron chi connectivity index (χ2n) is 6.95. The van der Waals surface area contributed by atoms with Crippen molar-refractivity contribution >= 4 is 53.3 Å². The van der Waals surface area contributed by atoms with Crippen molar-refractivity contribution in [2.24, 2.45) is 14.1 Å². The molecule has 0 amide bonds. The highest BCUT2D eigenvalue weighted by Gasteiger charge is 2.22. The maximum atomic E-state index is 13.2. The summed E-state index contributed by atoms with van der Waals surface area (Å²) >= 11 is 1.06. The molecule has 9 nitrogen and oxygen atoms in total. The molecule has 29 heavy (non-hydrogen) atoms. The van der Waals surface area contributed by atoms with Crippen LogP contribution in [0.1, 0.15) is 5.56 Å². The molecular weight excluding hydrogens is 412 g/mol. The van der Waals surface area contributed by atoms with Crippen LogP contribution in [-0.4, -0.2) is 43.8 Å². The fourth-order valence-electron chi connectivity index (χ4n) is 3.58. The van der Waals surface area contributed by atoms with Crippen LogP contribution in [0, 0.1) is 0 Å². The summed E-state index contributed by atoms with van der Waals surface area (Å²) in [6, 6.07) is 5.85. The van der Waals surface area contributed by atoms with Gasteiger partial charge in [-0.3, -0.25) is 9.48 Å². The molecular formula is C18H16N6O3S2. The molecule has 148 valence electrons. The lowest BCUT2D eigenvalue weighted by molar-refractivity contribution is 0.601. The number of benzene rings is 1. The molecule has 0 N–H and O–H groups in total. The normalized spacial score (nSPS) is 12.5. The number of nitrogens with zero attached hydrogens (tertiary/aromatic N) is 6.